The molecule has 1 amide bonds. The molecule has 0 saturated carbocycles. The number of carbonyl (C=O) groups excluding carboxylic acids is 1. The quantitative estimate of drug-likeness (QED) is 0.374. The summed E-state index contributed by atoms with van der Waals surface area (Å²) in [5, 5.41) is 13.8. The Morgan fingerprint density at radius 2 is 2.03 bits per heavy atom. The van der Waals surface area contributed by atoms with Gasteiger partial charge in [-0.1, -0.05) is 0 Å². The average Bonchev–Trinajstić information content (AvgIpc) is 3.56. The Morgan fingerprint density at radius 3 is 2.71 bits per heavy atom. The highest BCUT2D eigenvalue weighted by atomic mass is 32.1. The largest absolute Gasteiger partial charge is 0.463 e. The van der Waals surface area contributed by atoms with Crippen molar-refractivity contribution in [1.82, 2.24) is 29.5 Å². The lowest BCUT2D eigenvalue weighted by Gasteiger charge is -2.07. The van der Waals surface area contributed by atoms with Gasteiger partial charge in [0.05, 0.1) is 28.7 Å². The first-order chi connectivity index (χ1) is 16.3. The van der Waals surface area contributed by atoms with E-state index in [1.54, 1.807) is 23.7 Å². The molecule has 0 aromatic carbocycles. The number of aromatic nitrogens is 6. The lowest BCUT2D eigenvalue weighted by Crippen LogP contribution is -2.19. The maximum absolute atomic E-state index is 13.8. The highest BCUT2D eigenvalue weighted by Gasteiger charge is 2.23. The second-order valence-corrected chi connectivity index (χ2v) is 8.56. The summed E-state index contributed by atoms with van der Waals surface area (Å²) in [6.07, 6.45) is 0.556. The van der Waals surface area contributed by atoms with Gasteiger partial charge in [-0.3, -0.25) is 9.48 Å². The normalized spacial score (nSPS) is 11.6. The number of alkyl halides is 2. The van der Waals surface area contributed by atoms with Crippen LogP contribution in [0.4, 0.5) is 13.9 Å². The first-order valence-electron chi connectivity index (χ1n) is 10.3. The fraction of sp³-hybridized carbons (Fsp3) is 0.227. The van der Waals surface area contributed by atoms with Gasteiger partial charge in [-0.15, -0.1) is 11.3 Å². The van der Waals surface area contributed by atoms with Crippen LogP contribution in [0.25, 0.3) is 33.7 Å². The van der Waals surface area contributed by atoms with Gasteiger partial charge in [0, 0.05) is 29.8 Å². The number of halogens is 2. The number of furan rings is 1. The molecule has 0 aliphatic heterocycles. The Labute approximate surface area is 196 Å². The molecule has 0 fully saturated rings. The van der Waals surface area contributed by atoms with Crippen molar-refractivity contribution in [2.75, 3.05) is 5.32 Å². The zero-order chi connectivity index (χ0) is 24.0. The predicted octanol–water partition coefficient (Wildman–Crippen LogP) is 4.74. The van der Waals surface area contributed by atoms with Gasteiger partial charge in [-0.05, 0) is 32.0 Å². The van der Waals surface area contributed by atoms with Gasteiger partial charge in [-0.2, -0.15) is 10.2 Å². The highest BCUT2D eigenvalue weighted by molar-refractivity contribution is 7.14. The summed E-state index contributed by atoms with van der Waals surface area (Å²) in [5.74, 6) is -0.0586. The number of pyridine rings is 1. The summed E-state index contributed by atoms with van der Waals surface area (Å²) in [5.41, 5.74) is 2.99. The standard InChI is InChI=1S/C22H19F2N7O2S/c1-11-14(8-30(3)28-11)16-10-34-22(26-16)27-18(32)9-31-21-19(12(2)29-31)13(20(23)24)7-15(25-21)17-5-4-6-33-17/h4-8,10,20H,9H2,1-3H3,(H,26,27,32). The molecule has 0 bridgehead atoms. The van der Waals surface area contributed by atoms with Crippen LogP contribution in [0.1, 0.15) is 23.4 Å². The van der Waals surface area contributed by atoms with E-state index in [2.05, 4.69) is 25.5 Å². The number of amides is 1. The molecule has 12 heteroatoms. The van der Waals surface area contributed by atoms with E-state index in [1.165, 1.54) is 28.3 Å². The molecule has 0 radical (unpaired) electrons. The Hall–Kier alpha value is -3.93. The van der Waals surface area contributed by atoms with Gasteiger partial charge < -0.3 is 9.73 Å². The van der Waals surface area contributed by atoms with E-state index in [9.17, 15) is 13.6 Å². The van der Waals surface area contributed by atoms with Crippen molar-refractivity contribution in [3.05, 3.63) is 53.0 Å². The smallest absolute Gasteiger partial charge is 0.264 e. The van der Waals surface area contributed by atoms with Crippen LogP contribution >= 0.6 is 11.3 Å². The molecule has 5 rings (SSSR count). The van der Waals surface area contributed by atoms with Crippen LogP contribution in [0, 0.1) is 13.8 Å². The zero-order valence-corrected chi connectivity index (χ0v) is 19.2. The van der Waals surface area contributed by atoms with Crippen LogP contribution in [0.15, 0.2) is 40.5 Å². The van der Waals surface area contributed by atoms with Crippen molar-refractivity contribution in [2.45, 2.75) is 26.8 Å². The van der Waals surface area contributed by atoms with E-state index >= 15 is 0 Å². The molecule has 9 nitrogen and oxygen atoms in total. The Bertz CT molecular complexity index is 1500. The molecule has 174 valence electrons. The second-order valence-electron chi connectivity index (χ2n) is 7.70. The van der Waals surface area contributed by atoms with Gasteiger partial charge in [0.25, 0.3) is 6.43 Å². The molecule has 5 aromatic rings. The van der Waals surface area contributed by atoms with Crippen LogP contribution in [-0.2, 0) is 18.4 Å². The molecule has 5 aromatic heterocycles. The van der Waals surface area contributed by atoms with E-state index in [1.807, 2.05) is 25.5 Å². The summed E-state index contributed by atoms with van der Waals surface area (Å²) in [4.78, 5) is 21.7. The second kappa shape index (κ2) is 8.45. The predicted molar refractivity (Wildman–Crippen MR) is 123 cm³/mol. The fourth-order valence-corrected chi connectivity index (χ4v) is 4.55. The summed E-state index contributed by atoms with van der Waals surface area (Å²) in [6, 6.07) is 4.57. The average molecular weight is 484 g/mol. The van der Waals surface area contributed by atoms with Crippen LogP contribution in [-0.4, -0.2) is 35.4 Å². The number of hydrogen-bond donors (Lipinski definition) is 1. The van der Waals surface area contributed by atoms with Crippen LogP contribution in [0.3, 0.4) is 0 Å². The maximum Gasteiger partial charge on any atom is 0.264 e. The van der Waals surface area contributed by atoms with Crippen LogP contribution in [0.5, 0.6) is 0 Å². The van der Waals surface area contributed by atoms with Gasteiger partial charge in [-0.25, -0.2) is 23.4 Å². The van der Waals surface area contributed by atoms with E-state index in [0.717, 1.165) is 11.3 Å². The number of aryl methyl sites for hydroxylation is 3. The molecule has 0 unspecified atom stereocenters. The third-order valence-electron chi connectivity index (χ3n) is 5.25. The topological polar surface area (TPSA) is 104 Å². The molecular formula is C22H19F2N7O2S. The van der Waals surface area contributed by atoms with Crippen LogP contribution in [0.2, 0.25) is 0 Å². The maximum atomic E-state index is 13.8. The minimum absolute atomic E-state index is 0.183. The van der Waals surface area contributed by atoms with Crippen molar-refractivity contribution >= 4 is 33.4 Å². The van der Waals surface area contributed by atoms with E-state index in [4.69, 9.17) is 4.42 Å². The van der Waals surface area contributed by atoms with E-state index in [-0.39, 0.29) is 28.8 Å². The first kappa shape index (κ1) is 21.9. The van der Waals surface area contributed by atoms with E-state index in [0.29, 0.717) is 22.3 Å². The molecule has 0 aliphatic carbocycles. The first-order valence-corrected chi connectivity index (χ1v) is 11.1. The van der Waals surface area contributed by atoms with Crippen molar-refractivity contribution in [2.24, 2.45) is 7.05 Å². The van der Waals surface area contributed by atoms with Crippen molar-refractivity contribution in [1.29, 1.82) is 0 Å². The van der Waals surface area contributed by atoms with Gasteiger partial charge in [0.15, 0.2) is 16.5 Å². The summed E-state index contributed by atoms with van der Waals surface area (Å²) in [7, 11) is 1.83. The molecule has 0 atom stereocenters. The Balaban J connectivity index is 1.44. The summed E-state index contributed by atoms with van der Waals surface area (Å²) in [6.45, 7) is 3.28. The molecule has 34 heavy (non-hydrogen) atoms. The number of nitrogens with one attached hydrogen (secondary N) is 1. The number of fused-ring (bicyclic) bond motifs is 1. The third-order valence-corrected chi connectivity index (χ3v) is 6.01. The number of hydrogen-bond acceptors (Lipinski definition) is 7. The molecule has 1 N–H and O–H groups in total. The van der Waals surface area contributed by atoms with Crippen molar-refractivity contribution in [3.8, 4) is 22.7 Å². The van der Waals surface area contributed by atoms with Gasteiger partial charge >= 0.3 is 0 Å². The summed E-state index contributed by atoms with van der Waals surface area (Å²) < 4.78 is 36.0. The SMILES string of the molecule is Cc1nn(C)cc1-c1csc(NC(=O)Cn2nc(C)c3c(C(F)F)cc(-c4ccco4)nc32)n1. The van der Waals surface area contributed by atoms with Crippen LogP contribution < -0.4 is 5.32 Å². The van der Waals surface area contributed by atoms with Crippen molar-refractivity contribution < 1.29 is 18.0 Å². The monoisotopic (exact) mass is 483 g/mol. The zero-order valence-electron chi connectivity index (χ0n) is 18.4. The minimum Gasteiger partial charge on any atom is -0.463 e. The van der Waals surface area contributed by atoms with Gasteiger partial charge in [0.1, 0.15) is 12.2 Å². The lowest BCUT2D eigenvalue weighted by molar-refractivity contribution is -0.116. The Morgan fingerprint density at radius 1 is 1.21 bits per heavy atom. The number of rotatable bonds is 6. The van der Waals surface area contributed by atoms with Gasteiger partial charge in [0.2, 0.25) is 5.91 Å². The molecule has 5 heterocycles. The number of anilines is 1. The number of thiazole rings is 1. The summed E-state index contributed by atoms with van der Waals surface area (Å²) >= 11 is 1.28. The molecule has 0 spiro atoms. The minimum atomic E-state index is -2.74. The lowest BCUT2D eigenvalue weighted by atomic mass is 10.1. The number of carbonyl (C=O) groups is 1. The molecular weight excluding hydrogens is 464 g/mol. The van der Waals surface area contributed by atoms with Crippen molar-refractivity contribution in [3.63, 3.8) is 0 Å². The highest BCUT2D eigenvalue weighted by Crippen LogP contribution is 2.33. The fourth-order valence-electron chi connectivity index (χ4n) is 3.82. The number of nitrogens with zero attached hydrogens (tertiary/aromatic N) is 6. The molecule has 0 saturated heterocycles. The Kier molecular flexibility index (Phi) is 5.44. The van der Waals surface area contributed by atoms with E-state index < -0.39 is 12.3 Å². The third kappa shape index (κ3) is 3.96. The molecule has 0 aliphatic rings.